The topological polar surface area (TPSA) is 75.4 Å². The minimum atomic E-state index is -0.310. The molecule has 0 radical (unpaired) electrons. The first-order valence-corrected chi connectivity index (χ1v) is 8.00. The Morgan fingerprint density at radius 2 is 2.08 bits per heavy atom. The fraction of sp³-hybridized carbons (Fsp3) is 0.250. The average Bonchev–Trinajstić information content (AvgIpc) is 3.16. The van der Waals surface area contributed by atoms with Crippen molar-refractivity contribution in [3.8, 4) is 0 Å². The lowest BCUT2D eigenvalue weighted by Gasteiger charge is -2.18. The highest BCUT2D eigenvalue weighted by atomic mass is 35.5. The van der Waals surface area contributed by atoms with E-state index in [4.69, 9.17) is 11.6 Å². The van der Waals surface area contributed by atoms with Crippen LogP contribution in [0.25, 0.3) is 5.78 Å². The number of hydrogen-bond donors (Lipinski definition) is 1. The van der Waals surface area contributed by atoms with E-state index in [2.05, 4.69) is 20.4 Å². The number of rotatable bonds is 3. The summed E-state index contributed by atoms with van der Waals surface area (Å²) in [6, 6.07) is 8.84. The van der Waals surface area contributed by atoms with Crippen LogP contribution >= 0.6 is 11.6 Å². The molecule has 1 aliphatic heterocycles. The van der Waals surface area contributed by atoms with E-state index >= 15 is 0 Å². The fourth-order valence-corrected chi connectivity index (χ4v) is 3.03. The number of nitrogens with zero attached hydrogens (tertiary/aromatic N) is 5. The van der Waals surface area contributed by atoms with E-state index in [1.807, 2.05) is 25.1 Å². The van der Waals surface area contributed by atoms with Crippen LogP contribution < -0.4 is 10.2 Å². The molecule has 4 rings (SSSR count). The quantitative estimate of drug-likeness (QED) is 0.790. The Hall–Kier alpha value is -2.67. The molecule has 1 atom stereocenters. The highest BCUT2D eigenvalue weighted by molar-refractivity contribution is 6.30. The van der Waals surface area contributed by atoms with E-state index in [1.54, 1.807) is 21.5 Å². The third kappa shape index (κ3) is 2.56. The van der Waals surface area contributed by atoms with Gasteiger partial charge in [0.05, 0.1) is 0 Å². The van der Waals surface area contributed by atoms with Gasteiger partial charge in [-0.3, -0.25) is 4.79 Å². The molecule has 0 aliphatic carbocycles. The molecule has 24 heavy (non-hydrogen) atoms. The van der Waals surface area contributed by atoms with Gasteiger partial charge in [0.25, 0.3) is 5.78 Å². The van der Waals surface area contributed by atoms with Gasteiger partial charge in [-0.05, 0) is 37.6 Å². The van der Waals surface area contributed by atoms with E-state index < -0.39 is 0 Å². The molecule has 1 N–H and O–H groups in total. The van der Waals surface area contributed by atoms with Gasteiger partial charge < -0.3 is 10.2 Å². The van der Waals surface area contributed by atoms with Crippen LogP contribution in [0, 0.1) is 6.92 Å². The van der Waals surface area contributed by atoms with Crippen molar-refractivity contribution in [3.63, 3.8) is 0 Å². The Kier molecular flexibility index (Phi) is 3.57. The second kappa shape index (κ2) is 5.76. The monoisotopic (exact) mass is 342 g/mol. The lowest BCUT2D eigenvalue weighted by molar-refractivity contribution is -0.117. The number of carbonyl (C=O) groups is 1. The molecule has 3 heterocycles. The number of hydrogen-bond acceptors (Lipinski definition) is 5. The third-order valence-electron chi connectivity index (χ3n) is 4.05. The van der Waals surface area contributed by atoms with E-state index in [0.29, 0.717) is 29.6 Å². The highest BCUT2D eigenvalue weighted by Gasteiger charge is 2.33. The number of fused-ring (bicyclic) bond motifs is 1. The number of amides is 1. The van der Waals surface area contributed by atoms with Gasteiger partial charge in [0.2, 0.25) is 5.91 Å². The number of anilines is 2. The minimum absolute atomic E-state index is 0.0278. The van der Waals surface area contributed by atoms with Crippen molar-refractivity contribution in [3.05, 3.63) is 47.4 Å². The average molecular weight is 343 g/mol. The Bertz CT molecular complexity index is 907. The molecule has 0 saturated carbocycles. The maximum absolute atomic E-state index is 12.7. The summed E-state index contributed by atoms with van der Waals surface area (Å²) in [5.74, 6) is 1.25. The SMILES string of the molecule is Cc1cc(N[C@H]2CCN(c3ccc(Cl)cc3)C2=O)n2ncnc2n1. The molecule has 0 spiro atoms. The zero-order chi connectivity index (χ0) is 16.7. The van der Waals surface area contributed by atoms with Crippen LogP contribution in [0.3, 0.4) is 0 Å². The summed E-state index contributed by atoms with van der Waals surface area (Å²) in [7, 11) is 0. The van der Waals surface area contributed by atoms with Gasteiger partial charge in [-0.2, -0.15) is 14.6 Å². The van der Waals surface area contributed by atoms with Crippen molar-refractivity contribution in [1.29, 1.82) is 0 Å². The number of aromatic nitrogens is 4. The summed E-state index contributed by atoms with van der Waals surface area (Å²) >= 11 is 5.91. The molecule has 3 aromatic rings. The highest BCUT2D eigenvalue weighted by Crippen LogP contribution is 2.25. The Morgan fingerprint density at radius 3 is 2.88 bits per heavy atom. The molecule has 1 aliphatic rings. The van der Waals surface area contributed by atoms with Crippen LogP contribution in [0.5, 0.6) is 0 Å². The molecule has 0 bridgehead atoms. The van der Waals surface area contributed by atoms with Gasteiger partial charge in [0.15, 0.2) is 0 Å². The predicted molar refractivity (Wildman–Crippen MR) is 91.4 cm³/mol. The molecule has 8 heteroatoms. The molecule has 1 aromatic carbocycles. The summed E-state index contributed by atoms with van der Waals surface area (Å²) in [4.78, 5) is 22.9. The minimum Gasteiger partial charge on any atom is -0.358 e. The second-order valence-corrected chi connectivity index (χ2v) is 6.14. The fourth-order valence-electron chi connectivity index (χ4n) is 2.90. The van der Waals surface area contributed by atoms with Crippen LogP contribution in [-0.4, -0.2) is 38.1 Å². The predicted octanol–water partition coefficient (Wildman–Crippen LogP) is 2.30. The lowest BCUT2D eigenvalue weighted by Crippen LogP contribution is -2.34. The number of nitrogens with one attached hydrogen (secondary N) is 1. The molecule has 1 amide bonds. The largest absolute Gasteiger partial charge is 0.358 e. The van der Waals surface area contributed by atoms with Gasteiger partial charge in [-0.25, -0.2) is 4.98 Å². The van der Waals surface area contributed by atoms with Crippen molar-refractivity contribution in [2.24, 2.45) is 0 Å². The zero-order valence-corrected chi connectivity index (χ0v) is 13.7. The Morgan fingerprint density at radius 1 is 1.29 bits per heavy atom. The summed E-state index contributed by atoms with van der Waals surface area (Å²) in [5, 5.41) is 8.08. The van der Waals surface area contributed by atoms with Crippen molar-refractivity contribution < 1.29 is 4.79 Å². The summed E-state index contributed by atoms with van der Waals surface area (Å²) in [6.45, 7) is 2.54. The van der Waals surface area contributed by atoms with Crippen LogP contribution in [0.2, 0.25) is 5.02 Å². The molecule has 0 unspecified atom stereocenters. The van der Waals surface area contributed by atoms with Crippen LogP contribution in [0.4, 0.5) is 11.5 Å². The zero-order valence-electron chi connectivity index (χ0n) is 13.0. The van der Waals surface area contributed by atoms with Crippen molar-refractivity contribution >= 4 is 34.8 Å². The van der Waals surface area contributed by atoms with Crippen molar-refractivity contribution in [2.45, 2.75) is 19.4 Å². The number of halogens is 1. The van der Waals surface area contributed by atoms with Crippen LogP contribution in [-0.2, 0) is 4.79 Å². The molecule has 7 nitrogen and oxygen atoms in total. The van der Waals surface area contributed by atoms with Crippen LogP contribution in [0.15, 0.2) is 36.7 Å². The van der Waals surface area contributed by atoms with E-state index in [-0.39, 0.29) is 11.9 Å². The second-order valence-electron chi connectivity index (χ2n) is 5.71. The first-order valence-electron chi connectivity index (χ1n) is 7.63. The van der Waals surface area contributed by atoms with E-state index in [9.17, 15) is 4.79 Å². The first-order chi connectivity index (χ1) is 11.6. The Labute approximate surface area is 143 Å². The van der Waals surface area contributed by atoms with Gasteiger partial charge in [-0.15, -0.1) is 0 Å². The molecular weight excluding hydrogens is 328 g/mol. The number of carbonyl (C=O) groups excluding carboxylic acids is 1. The lowest BCUT2D eigenvalue weighted by atomic mass is 10.2. The van der Waals surface area contributed by atoms with E-state index in [1.165, 1.54) is 6.33 Å². The van der Waals surface area contributed by atoms with Gasteiger partial charge in [-0.1, -0.05) is 11.6 Å². The number of benzene rings is 1. The summed E-state index contributed by atoms with van der Waals surface area (Å²) < 4.78 is 1.60. The smallest absolute Gasteiger partial charge is 0.254 e. The van der Waals surface area contributed by atoms with E-state index in [0.717, 1.165) is 11.4 Å². The molecule has 122 valence electrons. The normalized spacial score (nSPS) is 17.7. The van der Waals surface area contributed by atoms with Gasteiger partial charge in [0, 0.05) is 29.0 Å². The van der Waals surface area contributed by atoms with Crippen LogP contribution in [0.1, 0.15) is 12.1 Å². The summed E-state index contributed by atoms with van der Waals surface area (Å²) in [5.41, 5.74) is 1.67. The van der Waals surface area contributed by atoms with Gasteiger partial charge in [0.1, 0.15) is 18.2 Å². The van der Waals surface area contributed by atoms with Crippen molar-refractivity contribution in [1.82, 2.24) is 19.6 Å². The summed E-state index contributed by atoms with van der Waals surface area (Å²) in [6.07, 6.45) is 2.16. The third-order valence-corrected chi connectivity index (χ3v) is 4.30. The molecular formula is C16H15ClN6O. The maximum Gasteiger partial charge on any atom is 0.254 e. The van der Waals surface area contributed by atoms with Gasteiger partial charge >= 0.3 is 0 Å². The first kappa shape index (κ1) is 14.9. The molecule has 2 aromatic heterocycles. The standard InChI is InChI=1S/C16H15ClN6O/c1-10-8-14(23-16(20-10)18-9-19-23)21-13-6-7-22(15(13)24)12-4-2-11(17)3-5-12/h2-5,8-9,13,21H,6-7H2,1H3/t13-/m0/s1. The Balaban J connectivity index is 1.58. The maximum atomic E-state index is 12.7. The molecule has 1 saturated heterocycles. The van der Waals surface area contributed by atoms with Crippen molar-refractivity contribution in [2.75, 3.05) is 16.8 Å². The molecule has 1 fully saturated rings. The number of aryl methyl sites for hydroxylation is 1.